The molecule has 11 aromatic rings. The molecule has 0 saturated carbocycles. The molecule has 0 radical (unpaired) electrons. The molecule has 3 heteroatoms. The summed E-state index contributed by atoms with van der Waals surface area (Å²) in [5.41, 5.74) is 9.73. The Bertz CT molecular complexity index is 3160. The SMILES string of the molecule is c1ccc(-c2ccc3oc4c5ccccc5c5ccccc5c4c3c2N(c2ccccc2)c2ccc(-c3ccc4c(c3)sc3ccccc34)cc2)cc1. The highest BCUT2D eigenvalue weighted by molar-refractivity contribution is 7.25. The Morgan fingerprint density at radius 2 is 0.962 bits per heavy atom. The summed E-state index contributed by atoms with van der Waals surface area (Å²) >= 11 is 1.86. The maximum absolute atomic E-state index is 6.94. The number of para-hydroxylation sites is 1. The molecule has 11 rings (SSSR count). The van der Waals surface area contributed by atoms with Crippen LogP contribution in [0.1, 0.15) is 0 Å². The van der Waals surface area contributed by atoms with Crippen molar-refractivity contribution in [1.29, 1.82) is 0 Å². The van der Waals surface area contributed by atoms with Crippen molar-refractivity contribution in [1.82, 2.24) is 0 Å². The molecule has 0 N–H and O–H groups in total. The van der Waals surface area contributed by atoms with Gasteiger partial charge in [-0.2, -0.15) is 0 Å². The van der Waals surface area contributed by atoms with Crippen molar-refractivity contribution in [3.63, 3.8) is 0 Å². The molecule has 53 heavy (non-hydrogen) atoms. The number of hydrogen-bond donors (Lipinski definition) is 0. The highest BCUT2D eigenvalue weighted by atomic mass is 32.1. The molecule has 248 valence electrons. The van der Waals surface area contributed by atoms with E-state index in [-0.39, 0.29) is 0 Å². The van der Waals surface area contributed by atoms with Gasteiger partial charge in [0.15, 0.2) is 0 Å². The van der Waals surface area contributed by atoms with Crippen LogP contribution in [0.5, 0.6) is 0 Å². The van der Waals surface area contributed by atoms with Gasteiger partial charge in [0.05, 0.1) is 11.1 Å². The number of thiophene rings is 1. The summed E-state index contributed by atoms with van der Waals surface area (Å²) in [5.74, 6) is 0. The molecular weight excluding hydrogens is 663 g/mol. The molecule has 0 atom stereocenters. The summed E-state index contributed by atoms with van der Waals surface area (Å²) in [6.07, 6.45) is 0. The smallest absolute Gasteiger partial charge is 0.143 e. The zero-order chi connectivity index (χ0) is 34.9. The molecule has 0 bridgehead atoms. The van der Waals surface area contributed by atoms with Crippen molar-refractivity contribution < 1.29 is 4.42 Å². The van der Waals surface area contributed by atoms with Crippen molar-refractivity contribution in [2.24, 2.45) is 0 Å². The second-order valence-corrected chi connectivity index (χ2v) is 14.7. The van der Waals surface area contributed by atoms with Gasteiger partial charge in [0.1, 0.15) is 11.2 Å². The van der Waals surface area contributed by atoms with Gasteiger partial charge in [-0.15, -0.1) is 11.3 Å². The lowest BCUT2D eigenvalue weighted by Crippen LogP contribution is -2.11. The summed E-state index contributed by atoms with van der Waals surface area (Å²) in [6.45, 7) is 0. The maximum atomic E-state index is 6.94. The molecule has 0 spiro atoms. The van der Waals surface area contributed by atoms with Gasteiger partial charge >= 0.3 is 0 Å². The number of benzene rings is 9. The zero-order valence-electron chi connectivity index (χ0n) is 28.7. The Kier molecular flexibility index (Phi) is 6.76. The van der Waals surface area contributed by atoms with Crippen molar-refractivity contribution in [2.75, 3.05) is 4.90 Å². The second kappa shape index (κ2) is 11.9. The Hall–Kier alpha value is -6.68. The molecule has 9 aromatic carbocycles. The molecule has 0 amide bonds. The first-order valence-corrected chi connectivity index (χ1v) is 18.8. The van der Waals surface area contributed by atoms with Crippen LogP contribution in [0.4, 0.5) is 17.1 Å². The van der Waals surface area contributed by atoms with Gasteiger partial charge in [-0.05, 0) is 81.4 Å². The summed E-state index contributed by atoms with van der Waals surface area (Å²) in [4.78, 5) is 2.42. The van der Waals surface area contributed by atoms with E-state index < -0.39 is 0 Å². The van der Waals surface area contributed by atoms with E-state index in [0.717, 1.165) is 55.5 Å². The van der Waals surface area contributed by atoms with E-state index in [4.69, 9.17) is 4.42 Å². The van der Waals surface area contributed by atoms with Gasteiger partial charge in [-0.25, -0.2) is 0 Å². The third kappa shape index (κ3) is 4.71. The highest BCUT2D eigenvalue weighted by Gasteiger charge is 2.26. The Morgan fingerprint density at radius 1 is 0.377 bits per heavy atom. The Balaban J connectivity index is 1.19. The Morgan fingerprint density at radius 3 is 1.74 bits per heavy atom. The first-order chi connectivity index (χ1) is 26.3. The van der Waals surface area contributed by atoms with Crippen molar-refractivity contribution in [3.05, 3.63) is 188 Å². The molecule has 2 aromatic heterocycles. The van der Waals surface area contributed by atoms with Crippen LogP contribution in [0.3, 0.4) is 0 Å². The minimum atomic E-state index is 0.866. The number of hydrogen-bond acceptors (Lipinski definition) is 3. The lowest BCUT2D eigenvalue weighted by atomic mass is 9.93. The number of furan rings is 1. The fourth-order valence-electron chi connectivity index (χ4n) is 8.25. The monoisotopic (exact) mass is 693 g/mol. The first-order valence-electron chi connectivity index (χ1n) is 18.0. The number of anilines is 3. The fourth-order valence-corrected chi connectivity index (χ4v) is 9.39. The van der Waals surface area contributed by atoms with Crippen LogP contribution in [0.15, 0.2) is 192 Å². The summed E-state index contributed by atoms with van der Waals surface area (Å²) in [6, 6.07) is 67.8. The predicted octanol–water partition coefficient (Wildman–Crippen LogP) is 15.1. The van der Waals surface area contributed by atoms with E-state index in [1.807, 2.05) is 11.3 Å². The average molecular weight is 694 g/mol. The third-order valence-corrected chi connectivity index (χ3v) is 11.8. The van der Waals surface area contributed by atoms with Crippen LogP contribution >= 0.6 is 11.3 Å². The number of nitrogens with zero attached hydrogens (tertiary/aromatic N) is 1. The summed E-state index contributed by atoms with van der Waals surface area (Å²) in [7, 11) is 0. The molecule has 0 aliphatic heterocycles. The lowest BCUT2D eigenvalue weighted by molar-refractivity contribution is 0.673. The van der Waals surface area contributed by atoms with Crippen LogP contribution in [0.25, 0.3) is 85.9 Å². The van der Waals surface area contributed by atoms with E-state index >= 15 is 0 Å². The minimum Gasteiger partial charge on any atom is -0.455 e. The quantitative estimate of drug-likeness (QED) is 0.167. The van der Waals surface area contributed by atoms with Crippen LogP contribution in [-0.4, -0.2) is 0 Å². The van der Waals surface area contributed by atoms with E-state index in [0.29, 0.717) is 0 Å². The molecular formula is C50H31NOS. The minimum absolute atomic E-state index is 0.866. The molecule has 0 aliphatic rings. The molecule has 0 aliphatic carbocycles. The largest absolute Gasteiger partial charge is 0.455 e. The van der Waals surface area contributed by atoms with E-state index in [9.17, 15) is 0 Å². The predicted molar refractivity (Wildman–Crippen MR) is 227 cm³/mol. The van der Waals surface area contributed by atoms with Crippen LogP contribution in [-0.2, 0) is 0 Å². The third-order valence-electron chi connectivity index (χ3n) is 10.6. The van der Waals surface area contributed by atoms with E-state index in [1.165, 1.54) is 47.5 Å². The van der Waals surface area contributed by atoms with Crippen LogP contribution in [0.2, 0.25) is 0 Å². The zero-order valence-corrected chi connectivity index (χ0v) is 29.5. The van der Waals surface area contributed by atoms with Crippen LogP contribution in [0, 0.1) is 0 Å². The average Bonchev–Trinajstić information content (AvgIpc) is 3.81. The fraction of sp³-hybridized carbons (Fsp3) is 0. The summed E-state index contributed by atoms with van der Waals surface area (Å²) in [5, 5.41) is 9.61. The molecule has 2 heterocycles. The topological polar surface area (TPSA) is 16.4 Å². The first kappa shape index (κ1) is 30.0. The van der Waals surface area contributed by atoms with Gasteiger partial charge in [-0.3, -0.25) is 0 Å². The molecule has 2 nitrogen and oxygen atoms in total. The van der Waals surface area contributed by atoms with Crippen molar-refractivity contribution in [2.45, 2.75) is 0 Å². The van der Waals surface area contributed by atoms with Gasteiger partial charge in [0, 0.05) is 47.9 Å². The number of rotatable bonds is 5. The number of fused-ring (bicyclic) bond motifs is 11. The highest BCUT2D eigenvalue weighted by Crippen LogP contribution is 2.51. The van der Waals surface area contributed by atoms with E-state index in [1.54, 1.807) is 0 Å². The summed E-state index contributed by atoms with van der Waals surface area (Å²) < 4.78 is 9.57. The normalized spacial score (nSPS) is 11.8. The molecule has 0 unspecified atom stereocenters. The maximum Gasteiger partial charge on any atom is 0.143 e. The molecule has 0 saturated heterocycles. The van der Waals surface area contributed by atoms with Gasteiger partial charge in [-0.1, -0.05) is 140 Å². The van der Waals surface area contributed by atoms with Crippen molar-refractivity contribution in [3.8, 4) is 22.3 Å². The standard InChI is InChI=1S/C50H31NOS/c1-3-13-33(14-4-1)37-29-30-44-48(47-42-20-9-7-17-38(42)39-18-8-10-21-43(39)50(47)52-44)49(37)51(35-15-5-2-6-16-35)36-26-23-32(24-27-36)34-25-28-41-40-19-11-12-22-45(40)53-46(41)31-34/h1-31H. The Labute approximate surface area is 310 Å². The lowest BCUT2D eigenvalue weighted by Gasteiger charge is -2.29. The van der Waals surface area contributed by atoms with Gasteiger partial charge < -0.3 is 9.32 Å². The van der Waals surface area contributed by atoms with E-state index in [2.05, 4.69) is 193 Å². The molecule has 0 fully saturated rings. The van der Waals surface area contributed by atoms with Gasteiger partial charge in [0.25, 0.3) is 0 Å². The van der Waals surface area contributed by atoms with Crippen molar-refractivity contribution >= 4 is 92.1 Å². The second-order valence-electron chi connectivity index (χ2n) is 13.6. The van der Waals surface area contributed by atoms with Crippen LogP contribution < -0.4 is 4.90 Å². The van der Waals surface area contributed by atoms with Gasteiger partial charge in [0.2, 0.25) is 0 Å².